The van der Waals surface area contributed by atoms with Crippen LogP contribution < -0.4 is 5.32 Å². The Morgan fingerprint density at radius 3 is 2.88 bits per heavy atom. The largest absolute Gasteiger partial charge is 0.381 e. The molecule has 2 aliphatic rings. The Hall–Kier alpha value is -0.450. The first kappa shape index (κ1) is 11.6. The van der Waals surface area contributed by atoms with Crippen molar-refractivity contribution in [2.45, 2.75) is 38.1 Å². The minimum Gasteiger partial charge on any atom is -0.381 e. The molecule has 4 heteroatoms. The molecule has 1 aromatic rings. The summed E-state index contributed by atoms with van der Waals surface area (Å²) in [7, 11) is 0. The van der Waals surface area contributed by atoms with Crippen molar-refractivity contribution in [3.8, 4) is 0 Å². The van der Waals surface area contributed by atoms with E-state index in [1.807, 2.05) is 6.20 Å². The first-order chi connectivity index (χ1) is 8.36. The van der Waals surface area contributed by atoms with Crippen LogP contribution in [0.1, 0.15) is 30.7 Å². The van der Waals surface area contributed by atoms with Gasteiger partial charge in [0.1, 0.15) is 0 Å². The molecule has 0 atom stereocenters. The number of aromatic nitrogens is 1. The summed E-state index contributed by atoms with van der Waals surface area (Å²) in [6.07, 6.45) is 8.11. The van der Waals surface area contributed by atoms with Gasteiger partial charge in [0.05, 0.1) is 5.01 Å². The fraction of sp³-hybridized carbons (Fsp3) is 0.769. The van der Waals surface area contributed by atoms with Crippen molar-refractivity contribution in [3.63, 3.8) is 0 Å². The smallest absolute Gasteiger partial charge is 0.0930 e. The Morgan fingerprint density at radius 1 is 1.41 bits per heavy atom. The normalized spacial score (nSPS) is 23.8. The van der Waals surface area contributed by atoms with Crippen LogP contribution in [0.4, 0.5) is 0 Å². The van der Waals surface area contributed by atoms with Gasteiger partial charge in [-0.25, -0.2) is 4.98 Å². The Bertz CT molecular complexity index is 342. The van der Waals surface area contributed by atoms with Crippen molar-refractivity contribution in [1.82, 2.24) is 10.3 Å². The SMILES string of the molecule is c1csc(CC2(CNC3CC3)CCOCC2)n1. The van der Waals surface area contributed by atoms with E-state index >= 15 is 0 Å². The van der Waals surface area contributed by atoms with Crippen LogP contribution in [0.25, 0.3) is 0 Å². The van der Waals surface area contributed by atoms with Crippen molar-refractivity contribution >= 4 is 11.3 Å². The standard InChI is InChI=1S/C13H20N2OS/c1-2-11(1)15-10-13(3-6-16-7-4-13)9-12-14-5-8-17-12/h5,8,11,15H,1-4,6-7,9-10H2. The van der Waals surface area contributed by atoms with Crippen LogP contribution in [0.15, 0.2) is 11.6 Å². The zero-order valence-corrected chi connectivity index (χ0v) is 11.0. The molecule has 0 aromatic carbocycles. The summed E-state index contributed by atoms with van der Waals surface area (Å²) < 4.78 is 5.52. The molecule has 2 heterocycles. The molecule has 0 spiro atoms. The van der Waals surface area contributed by atoms with Gasteiger partial charge in [-0.05, 0) is 31.1 Å². The second kappa shape index (κ2) is 5.04. The first-order valence-corrected chi connectivity index (χ1v) is 7.44. The molecule has 94 valence electrons. The second-order valence-corrected chi connectivity index (χ2v) is 6.35. The lowest BCUT2D eigenvalue weighted by atomic mass is 9.77. The van der Waals surface area contributed by atoms with E-state index in [0.29, 0.717) is 5.41 Å². The molecule has 1 aromatic heterocycles. The molecule has 1 aliphatic carbocycles. The van der Waals surface area contributed by atoms with E-state index in [0.717, 1.165) is 32.2 Å². The van der Waals surface area contributed by atoms with Gasteiger partial charge in [-0.1, -0.05) is 0 Å². The van der Waals surface area contributed by atoms with Crippen molar-refractivity contribution < 1.29 is 4.74 Å². The molecule has 1 saturated heterocycles. The van der Waals surface area contributed by atoms with Gasteiger partial charge in [0.2, 0.25) is 0 Å². The maximum Gasteiger partial charge on any atom is 0.0930 e. The van der Waals surface area contributed by atoms with Crippen LogP contribution in [-0.2, 0) is 11.2 Å². The Kier molecular flexibility index (Phi) is 3.45. The summed E-state index contributed by atoms with van der Waals surface area (Å²) >= 11 is 1.79. The van der Waals surface area contributed by atoms with Crippen molar-refractivity contribution in [1.29, 1.82) is 0 Å². The average molecular weight is 252 g/mol. The predicted octanol–water partition coefficient (Wildman–Crippen LogP) is 2.23. The van der Waals surface area contributed by atoms with E-state index < -0.39 is 0 Å². The molecular formula is C13H20N2OS. The minimum absolute atomic E-state index is 0.388. The fourth-order valence-corrected chi connectivity index (χ4v) is 3.32. The van der Waals surface area contributed by atoms with Gasteiger partial charge in [0.25, 0.3) is 0 Å². The van der Waals surface area contributed by atoms with Crippen LogP contribution in [0.5, 0.6) is 0 Å². The van der Waals surface area contributed by atoms with Gasteiger partial charge in [-0.15, -0.1) is 11.3 Å². The highest BCUT2D eigenvalue weighted by atomic mass is 32.1. The maximum absolute atomic E-state index is 5.52. The quantitative estimate of drug-likeness (QED) is 0.872. The van der Waals surface area contributed by atoms with Gasteiger partial charge in [-0.2, -0.15) is 0 Å². The topological polar surface area (TPSA) is 34.1 Å². The lowest BCUT2D eigenvalue weighted by Crippen LogP contribution is -2.41. The number of nitrogens with one attached hydrogen (secondary N) is 1. The van der Waals surface area contributed by atoms with Gasteiger partial charge in [0, 0.05) is 43.8 Å². The van der Waals surface area contributed by atoms with Gasteiger partial charge in [-0.3, -0.25) is 0 Å². The molecule has 1 aliphatic heterocycles. The molecule has 0 unspecified atom stereocenters. The Balaban J connectivity index is 1.65. The van der Waals surface area contributed by atoms with Crippen molar-refractivity contribution in [2.24, 2.45) is 5.41 Å². The fourth-order valence-electron chi connectivity index (χ4n) is 2.53. The number of nitrogens with zero attached hydrogens (tertiary/aromatic N) is 1. The van der Waals surface area contributed by atoms with E-state index in [9.17, 15) is 0 Å². The molecule has 17 heavy (non-hydrogen) atoms. The van der Waals surface area contributed by atoms with Gasteiger partial charge >= 0.3 is 0 Å². The number of hydrogen-bond acceptors (Lipinski definition) is 4. The summed E-state index contributed by atoms with van der Waals surface area (Å²) in [5, 5.41) is 7.06. The van der Waals surface area contributed by atoms with Gasteiger partial charge in [0.15, 0.2) is 0 Å². The maximum atomic E-state index is 5.52. The molecule has 0 radical (unpaired) electrons. The molecule has 1 N–H and O–H groups in total. The molecule has 3 nitrogen and oxygen atoms in total. The second-order valence-electron chi connectivity index (χ2n) is 5.37. The summed E-state index contributed by atoms with van der Waals surface area (Å²) in [4.78, 5) is 4.45. The van der Waals surface area contributed by atoms with Gasteiger partial charge < -0.3 is 10.1 Å². The van der Waals surface area contributed by atoms with Crippen molar-refractivity contribution in [2.75, 3.05) is 19.8 Å². The molecule has 1 saturated carbocycles. The van der Waals surface area contributed by atoms with E-state index in [2.05, 4.69) is 15.7 Å². The molecular weight excluding hydrogens is 232 g/mol. The van der Waals surface area contributed by atoms with Crippen molar-refractivity contribution in [3.05, 3.63) is 16.6 Å². The van der Waals surface area contributed by atoms with E-state index in [1.54, 1.807) is 11.3 Å². The predicted molar refractivity (Wildman–Crippen MR) is 69.3 cm³/mol. The van der Waals surface area contributed by atoms with Crippen LogP contribution in [0.2, 0.25) is 0 Å². The summed E-state index contributed by atoms with van der Waals surface area (Å²) in [6.45, 7) is 2.97. The third kappa shape index (κ3) is 3.06. The monoisotopic (exact) mass is 252 g/mol. The van der Waals surface area contributed by atoms with E-state index in [1.165, 1.54) is 30.7 Å². The number of thiazole rings is 1. The summed E-state index contributed by atoms with van der Waals surface area (Å²) in [5.41, 5.74) is 0.388. The van der Waals surface area contributed by atoms with Crippen LogP contribution in [0, 0.1) is 5.41 Å². The van der Waals surface area contributed by atoms with Crippen LogP contribution in [0.3, 0.4) is 0 Å². The Labute approximate surface area is 107 Å². The number of ether oxygens (including phenoxy) is 1. The summed E-state index contributed by atoms with van der Waals surface area (Å²) in [6, 6.07) is 0.797. The van der Waals surface area contributed by atoms with E-state index in [4.69, 9.17) is 4.74 Å². The highest BCUT2D eigenvalue weighted by Crippen LogP contribution is 2.35. The van der Waals surface area contributed by atoms with E-state index in [-0.39, 0.29) is 0 Å². The first-order valence-electron chi connectivity index (χ1n) is 6.56. The number of rotatable bonds is 5. The third-order valence-electron chi connectivity index (χ3n) is 3.91. The average Bonchev–Trinajstić information content (AvgIpc) is 3.06. The third-order valence-corrected chi connectivity index (χ3v) is 4.69. The Morgan fingerprint density at radius 2 is 2.24 bits per heavy atom. The molecule has 3 rings (SSSR count). The molecule has 2 fully saturated rings. The van der Waals surface area contributed by atoms with Crippen LogP contribution in [-0.4, -0.2) is 30.8 Å². The highest BCUT2D eigenvalue weighted by molar-refractivity contribution is 7.09. The lowest BCUT2D eigenvalue weighted by Gasteiger charge is -2.37. The zero-order valence-electron chi connectivity index (χ0n) is 10.2. The lowest BCUT2D eigenvalue weighted by molar-refractivity contribution is 0.0147. The molecule has 0 amide bonds. The zero-order chi connectivity index (χ0) is 11.6. The highest BCUT2D eigenvalue weighted by Gasteiger charge is 2.35. The molecule has 0 bridgehead atoms. The minimum atomic E-state index is 0.388. The number of hydrogen-bond donors (Lipinski definition) is 1. The summed E-state index contributed by atoms with van der Waals surface area (Å²) in [5.74, 6) is 0. The van der Waals surface area contributed by atoms with Crippen LogP contribution >= 0.6 is 11.3 Å².